The molecule has 1 aliphatic heterocycles. The van der Waals surface area contributed by atoms with Gasteiger partial charge >= 0.3 is 0 Å². The third-order valence-corrected chi connectivity index (χ3v) is 4.81. The molecule has 2 aliphatic rings. The molecule has 1 heterocycles. The minimum atomic E-state index is 0.914. The normalized spacial score (nSPS) is 34.3. The topological polar surface area (TPSA) is 21.9 Å². The average Bonchev–Trinajstić information content (AvgIpc) is 3.13. The van der Waals surface area contributed by atoms with Crippen LogP contribution in [0.5, 0.6) is 0 Å². The van der Waals surface area contributed by atoms with Crippen molar-refractivity contribution < 1.29 is 0 Å². The van der Waals surface area contributed by atoms with E-state index in [0.29, 0.717) is 0 Å². The first-order chi connectivity index (χ1) is 7.85. The maximum absolute atomic E-state index is 3.50. The smallest absolute Gasteiger partial charge is 0.0221 e. The molecule has 0 aromatic rings. The summed E-state index contributed by atoms with van der Waals surface area (Å²) in [4.78, 5) is 0. The van der Waals surface area contributed by atoms with Gasteiger partial charge < -0.3 is 5.32 Å². The van der Waals surface area contributed by atoms with E-state index in [4.69, 9.17) is 0 Å². The van der Waals surface area contributed by atoms with Gasteiger partial charge in [0.1, 0.15) is 0 Å². The predicted molar refractivity (Wildman–Crippen MR) is 70.5 cm³/mol. The van der Waals surface area contributed by atoms with E-state index < -0.39 is 0 Å². The SMILES string of the molecule is CCCC(CCC)C1CCC(C2CN2)CC1. The molecule has 1 heteroatoms. The molecule has 94 valence electrons. The van der Waals surface area contributed by atoms with Crippen molar-refractivity contribution in [3.8, 4) is 0 Å². The van der Waals surface area contributed by atoms with E-state index in [1.165, 1.54) is 57.9 Å². The largest absolute Gasteiger partial charge is 0.311 e. The average molecular weight is 223 g/mol. The van der Waals surface area contributed by atoms with Crippen LogP contribution in [0.4, 0.5) is 0 Å². The van der Waals surface area contributed by atoms with Crippen LogP contribution < -0.4 is 5.32 Å². The lowest BCUT2D eigenvalue weighted by atomic mass is 9.72. The first-order valence-electron chi connectivity index (χ1n) is 7.58. The lowest BCUT2D eigenvalue weighted by molar-refractivity contribution is 0.184. The van der Waals surface area contributed by atoms with Crippen LogP contribution in [0.1, 0.15) is 65.2 Å². The van der Waals surface area contributed by atoms with Gasteiger partial charge in [-0.1, -0.05) is 39.5 Å². The summed E-state index contributed by atoms with van der Waals surface area (Å²) in [6, 6.07) is 0.914. The van der Waals surface area contributed by atoms with E-state index in [1.807, 2.05) is 0 Å². The molecular formula is C15H29N. The Morgan fingerprint density at radius 1 is 1.00 bits per heavy atom. The van der Waals surface area contributed by atoms with Crippen LogP contribution in [-0.4, -0.2) is 12.6 Å². The highest BCUT2D eigenvalue weighted by molar-refractivity contribution is 4.92. The van der Waals surface area contributed by atoms with E-state index >= 15 is 0 Å². The van der Waals surface area contributed by atoms with E-state index in [0.717, 1.165) is 23.8 Å². The third kappa shape index (κ3) is 3.23. The van der Waals surface area contributed by atoms with Crippen LogP contribution >= 0.6 is 0 Å². The Labute approximate surface area is 101 Å². The van der Waals surface area contributed by atoms with Gasteiger partial charge in [0, 0.05) is 12.6 Å². The second-order valence-corrected chi connectivity index (χ2v) is 6.03. The van der Waals surface area contributed by atoms with Crippen molar-refractivity contribution in [2.24, 2.45) is 17.8 Å². The fourth-order valence-electron chi connectivity index (χ4n) is 3.78. The van der Waals surface area contributed by atoms with E-state index in [-0.39, 0.29) is 0 Å². The van der Waals surface area contributed by atoms with Crippen LogP contribution in [0.15, 0.2) is 0 Å². The third-order valence-electron chi connectivity index (χ3n) is 4.81. The molecular weight excluding hydrogens is 194 g/mol. The van der Waals surface area contributed by atoms with Crippen LogP contribution in [0.2, 0.25) is 0 Å². The first-order valence-corrected chi connectivity index (χ1v) is 7.58. The summed E-state index contributed by atoms with van der Waals surface area (Å²) in [5, 5.41) is 3.50. The molecule has 2 rings (SSSR count). The Kier molecular flexibility index (Phi) is 4.69. The number of rotatable bonds is 6. The number of hydrogen-bond donors (Lipinski definition) is 1. The summed E-state index contributed by atoms with van der Waals surface area (Å²) < 4.78 is 0. The van der Waals surface area contributed by atoms with Gasteiger partial charge in [0.15, 0.2) is 0 Å². The predicted octanol–water partition coefficient (Wildman–Crippen LogP) is 3.98. The Bertz CT molecular complexity index is 184. The fraction of sp³-hybridized carbons (Fsp3) is 1.00. The quantitative estimate of drug-likeness (QED) is 0.676. The molecule has 1 atom stereocenters. The number of hydrogen-bond acceptors (Lipinski definition) is 1. The van der Waals surface area contributed by atoms with Gasteiger partial charge in [-0.3, -0.25) is 0 Å². The molecule has 0 aromatic carbocycles. The van der Waals surface area contributed by atoms with Gasteiger partial charge in [-0.2, -0.15) is 0 Å². The number of nitrogens with one attached hydrogen (secondary N) is 1. The Morgan fingerprint density at radius 2 is 1.56 bits per heavy atom. The molecule has 0 aromatic heterocycles. The second kappa shape index (κ2) is 6.05. The molecule has 1 nitrogen and oxygen atoms in total. The van der Waals surface area contributed by atoms with Gasteiger partial charge in [0.2, 0.25) is 0 Å². The van der Waals surface area contributed by atoms with Crippen molar-refractivity contribution >= 4 is 0 Å². The van der Waals surface area contributed by atoms with Crippen molar-refractivity contribution in [2.45, 2.75) is 71.3 Å². The van der Waals surface area contributed by atoms with Crippen molar-refractivity contribution in [1.29, 1.82) is 0 Å². The highest BCUT2D eigenvalue weighted by Gasteiger charge is 2.35. The monoisotopic (exact) mass is 223 g/mol. The summed E-state index contributed by atoms with van der Waals surface area (Å²) >= 11 is 0. The standard InChI is InChI=1S/C15H29N/c1-3-5-12(6-4-2)13-7-9-14(10-8-13)15-11-16-15/h12-16H,3-11H2,1-2H3. The Balaban J connectivity index is 1.75. The molecule has 1 aliphatic carbocycles. The Morgan fingerprint density at radius 3 is 2.00 bits per heavy atom. The molecule has 16 heavy (non-hydrogen) atoms. The molecule has 1 unspecified atom stereocenters. The lowest BCUT2D eigenvalue weighted by Crippen LogP contribution is -2.24. The molecule has 0 bridgehead atoms. The molecule has 1 saturated carbocycles. The summed E-state index contributed by atoms with van der Waals surface area (Å²) in [6.45, 7) is 6.01. The molecule has 0 spiro atoms. The van der Waals surface area contributed by atoms with Crippen molar-refractivity contribution in [2.75, 3.05) is 6.54 Å². The maximum Gasteiger partial charge on any atom is 0.0221 e. The van der Waals surface area contributed by atoms with Gasteiger partial charge in [-0.25, -0.2) is 0 Å². The van der Waals surface area contributed by atoms with Crippen molar-refractivity contribution in [3.63, 3.8) is 0 Å². The maximum atomic E-state index is 3.50. The van der Waals surface area contributed by atoms with Crippen LogP contribution in [-0.2, 0) is 0 Å². The van der Waals surface area contributed by atoms with Crippen molar-refractivity contribution in [1.82, 2.24) is 5.32 Å². The molecule has 0 radical (unpaired) electrons. The van der Waals surface area contributed by atoms with Crippen LogP contribution in [0.3, 0.4) is 0 Å². The highest BCUT2D eigenvalue weighted by atomic mass is 15.1. The summed E-state index contributed by atoms with van der Waals surface area (Å²) in [5.74, 6) is 3.14. The Hall–Kier alpha value is -0.0400. The zero-order valence-electron chi connectivity index (χ0n) is 11.2. The van der Waals surface area contributed by atoms with Gasteiger partial charge in [-0.15, -0.1) is 0 Å². The minimum absolute atomic E-state index is 0.914. The van der Waals surface area contributed by atoms with Gasteiger partial charge in [0.05, 0.1) is 0 Å². The lowest BCUT2D eigenvalue weighted by Gasteiger charge is -2.33. The molecule has 0 amide bonds. The van der Waals surface area contributed by atoms with E-state index in [2.05, 4.69) is 19.2 Å². The molecule has 2 fully saturated rings. The highest BCUT2D eigenvalue weighted by Crippen LogP contribution is 2.39. The summed E-state index contributed by atoms with van der Waals surface area (Å²) in [5.41, 5.74) is 0. The zero-order valence-corrected chi connectivity index (χ0v) is 11.2. The van der Waals surface area contributed by atoms with E-state index in [9.17, 15) is 0 Å². The van der Waals surface area contributed by atoms with Crippen LogP contribution in [0, 0.1) is 17.8 Å². The van der Waals surface area contributed by atoms with Crippen molar-refractivity contribution in [3.05, 3.63) is 0 Å². The van der Waals surface area contributed by atoms with Crippen LogP contribution in [0.25, 0.3) is 0 Å². The second-order valence-electron chi connectivity index (χ2n) is 6.03. The fourth-order valence-corrected chi connectivity index (χ4v) is 3.78. The molecule has 1 N–H and O–H groups in total. The van der Waals surface area contributed by atoms with Gasteiger partial charge in [-0.05, 0) is 43.4 Å². The first kappa shape index (κ1) is 12.4. The summed E-state index contributed by atoms with van der Waals surface area (Å²) in [7, 11) is 0. The zero-order chi connectivity index (χ0) is 11.4. The minimum Gasteiger partial charge on any atom is -0.311 e. The summed E-state index contributed by atoms with van der Waals surface area (Å²) in [6.07, 6.45) is 11.8. The van der Waals surface area contributed by atoms with E-state index in [1.54, 1.807) is 0 Å². The molecule has 1 saturated heterocycles. The van der Waals surface area contributed by atoms with Gasteiger partial charge in [0.25, 0.3) is 0 Å².